The summed E-state index contributed by atoms with van der Waals surface area (Å²) in [7, 11) is 0. The van der Waals surface area contributed by atoms with Crippen LogP contribution in [0.4, 0.5) is 0 Å². The Morgan fingerprint density at radius 1 is 1.42 bits per heavy atom. The normalized spacial score (nSPS) is 33.2. The fraction of sp³-hybridized carbons (Fsp3) is 1.00. The van der Waals surface area contributed by atoms with Gasteiger partial charge in [0.2, 0.25) is 0 Å². The molecule has 0 amide bonds. The Morgan fingerprint density at radius 3 is 2.83 bits per heavy atom. The van der Waals surface area contributed by atoms with Crippen LogP contribution < -0.4 is 5.32 Å². The van der Waals surface area contributed by atoms with Crippen molar-refractivity contribution in [1.29, 1.82) is 0 Å². The molecule has 2 rings (SSSR count). The SMILES string of the molecule is CC1CN(CC2CCCNC2)C1. The molecule has 0 aromatic carbocycles. The summed E-state index contributed by atoms with van der Waals surface area (Å²) >= 11 is 0. The second-order valence-corrected chi connectivity index (χ2v) is 4.54. The van der Waals surface area contributed by atoms with Crippen molar-refractivity contribution >= 4 is 0 Å². The maximum Gasteiger partial charge on any atom is 0.00220 e. The lowest BCUT2D eigenvalue weighted by molar-refractivity contribution is 0.0862. The molecule has 1 atom stereocenters. The van der Waals surface area contributed by atoms with E-state index in [1.54, 1.807) is 0 Å². The van der Waals surface area contributed by atoms with Crippen LogP contribution >= 0.6 is 0 Å². The minimum atomic E-state index is 0.936. The van der Waals surface area contributed by atoms with Gasteiger partial charge in [0.1, 0.15) is 0 Å². The van der Waals surface area contributed by atoms with Crippen LogP contribution in [0.3, 0.4) is 0 Å². The monoisotopic (exact) mass is 168 g/mol. The van der Waals surface area contributed by atoms with E-state index in [4.69, 9.17) is 0 Å². The maximum atomic E-state index is 3.47. The van der Waals surface area contributed by atoms with Gasteiger partial charge in [0.15, 0.2) is 0 Å². The van der Waals surface area contributed by atoms with Gasteiger partial charge in [-0.3, -0.25) is 0 Å². The van der Waals surface area contributed by atoms with Crippen LogP contribution in [0.1, 0.15) is 19.8 Å². The molecule has 2 aliphatic heterocycles. The Morgan fingerprint density at radius 2 is 2.25 bits per heavy atom. The van der Waals surface area contributed by atoms with E-state index >= 15 is 0 Å². The van der Waals surface area contributed by atoms with E-state index < -0.39 is 0 Å². The van der Waals surface area contributed by atoms with Crippen molar-refractivity contribution in [2.45, 2.75) is 19.8 Å². The predicted octanol–water partition coefficient (Wildman–Crippen LogP) is 0.938. The summed E-state index contributed by atoms with van der Waals surface area (Å²) in [5.41, 5.74) is 0. The topological polar surface area (TPSA) is 15.3 Å². The molecule has 2 nitrogen and oxygen atoms in total. The second kappa shape index (κ2) is 3.75. The van der Waals surface area contributed by atoms with Crippen molar-refractivity contribution in [3.63, 3.8) is 0 Å². The number of rotatable bonds is 2. The number of piperidine rings is 1. The van der Waals surface area contributed by atoms with Crippen molar-refractivity contribution in [1.82, 2.24) is 10.2 Å². The first-order valence-corrected chi connectivity index (χ1v) is 5.27. The lowest BCUT2D eigenvalue weighted by atomic mass is 9.95. The largest absolute Gasteiger partial charge is 0.316 e. The Kier molecular flexibility index (Phi) is 2.66. The molecule has 0 aliphatic carbocycles. The van der Waals surface area contributed by atoms with Crippen molar-refractivity contribution in [3.8, 4) is 0 Å². The summed E-state index contributed by atoms with van der Waals surface area (Å²) in [6, 6.07) is 0. The van der Waals surface area contributed by atoms with Crippen LogP contribution in [0.5, 0.6) is 0 Å². The first kappa shape index (κ1) is 8.52. The molecular formula is C10H20N2. The lowest BCUT2D eigenvalue weighted by Crippen LogP contribution is -2.49. The highest BCUT2D eigenvalue weighted by molar-refractivity contribution is 4.80. The summed E-state index contributed by atoms with van der Waals surface area (Å²) in [6.07, 6.45) is 2.83. The third-order valence-corrected chi connectivity index (χ3v) is 3.06. The van der Waals surface area contributed by atoms with Crippen molar-refractivity contribution < 1.29 is 0 Å². The molecule has 2 heteroatoms. The third kappa shape index (κ3) is 1.99. The summed E-state index contributed by atoms with van der Waals surface area (Å²) in [4.78, 5) is 2.60. The van der Waals surface area contributed by atoms with E-state index in [9.17, 15) is 0 Å². The van der Waals surface area contributed by atoms with Crippen LogP contribution in [0.25, 0.3) is 0 Å². The number of likely N-dealkylation sites (tertiary alicyclic amines) is 1. The quantitative estimate of drug-likeness (QED) is 0.660. The van der Waals surface area contributed by atoms with E-state index in [0.717, 1.165) is 11.8 Å². The average Bonchev–Trinajstić information content (AvgIpc) is 2.04. The lowest BCUT2D eigenvalue weighted by Gasteiger charge is -2.40. The van der Waals surface area contributed by atoms with Gasteiger partial charge >= 0.3 is 0 Å². The minimum absolute atomic E-state index is 0.936. The molecule has 0 aromatic heterocycles. The van der Waals surface area contributed by atoms with Gasteiger partial charge in [0.05, 0.1) is 0 Å². The Labute approximate surface area is 75.3 Å². The van der Waals surface area contributed by atoms with Crippen LogP contribution in [-0.2, 0) is 0 Å². The molecule has 70 valence electrons. The van der Waals surface area contributed by atoms with Crippen LogP contribution in [0, 0.1) is 11.8 Å². The van der Waals surface area contributed by atoms with Gasteiger partial charge in [0, 0.05) is 19.6 Å². The zero-order valence-corrected chi connectivity index (χ0v) is 8.05. The van der Waals surface area contributed by atoms with Crippen LogP contribution in [0.2, 0.25) is 0 Å². The Hall–Kier alpha value is -0.0800. The summed E-state index contributed by atoms with van der Waals surface area (Å²) in [5, 5.41) is 3.47. The van der Waals surface area contributed by atoms with Crippen LogP contribution in [-0.4, -0.2) is 37.6 Å². The van der Waals surface area contributed by atoms with Crippen molar-refractivity contribution in [2.75, 3.05) is 32.7 Å². The highest BCUT2D eigenvalue weighted by atomic mass is 15.2. The second-order valence-electron chi connectivity index (χ2n) is 4.54. The zero-order chi connectivity index (χ0) is 8.39. The molecule has 0 aromatic rings. The van der Waals surface area contributed by atoms with Gasteiger partial charge in [-0.1, -0.05) is 6.92 Å². The maximum absolute atomic E-state index is 3.47. The molecule has 2 heterocycles. The van der Waals surface area contributed by atoms with E-state index in [2.05, 4.69) is 17.1 Å². The van der Waals surface area contributed by atoms with E-state index in [1.165, 1.54) is 45.6 Å². The van der Waals surface area contributed by atoms with E-state index in [1.807, 2.05) is 0 Å². The van der Waals surface area contributed by atoms with Gasteiger partial charge in [-0.05, 0) is 37.8 Å². The van der Waals surface area contributed by atoms with Gasteiger partial charge in [0.25, 0.3) is 0 Å². The number of hydrogen-bond acceptors (Lipinski definition) is 2. The fourth-order valence-electron chi connectivity index (χ4n) is 2.42. The minimum Gasteiger partial charge on any atom is -0.316 e. The molecule has 1 N–H and O–H groups in total. The molecule has 2 saturated heterocycles. The molecule has 0 bridgehead atoms. The van der Waals surface area contributed by atoms with Gasteiger partial charge in [-0.2, -0.15) is 0 Å². The highest BCUT2D eigenvalue weighted by Gasteiger charge is 2.25. The van der Waals surface area contributed by atoms with E-state index in [0.29, 0.717) is 0 Å². The molecule has 12 heavy (non-hydrogen) atoms. The van der Waals surface area contributed by atoms with Crippen molar-refractivity contribution in [3.05, 3.63) is 0 Å². The van der Waals surface area contributed by atoms with Gasteiger partial charge in [-0.15, -0.1) is 0 Å². The smallest absolute Gasteiger partial charge is 0.00220 e. The molecule has 2 aliphatic rings. The number of nitrogens with one attached hydrogen (secondary N) is 1. The average molecular weight is 168 g/mol. The van der Waals surface area contributed by atoms with E-state index in [-0.39, 0.29) is 0 Å². The number of hydrogen-bond donors (Lipinski definition) is 1. The Balaban J connectivity index is 1.65. The highest BCUT2D eigenvalue weighted by Crippen LogP contribution is 2.19. The van der Waals surface area contributed by atoms with Crippen LogP contribution in [0.15, 0.2) is 0 Å². The molecule has 0 saturated carbocycles. The predicted molar refractivity (Wildman–Crippen MR) is 51.2 cm³/mol. The summed E-state index contributed by atoms with van der Waals surface area (Å²) in [5.74, 6) is 1.90. The molecule has 0 radical (unpaired) electrons. The zero-order valence-electron chi connectivity index (χ0n) is 8.05. The molecule has 0 spiro atoms. The molecule has 1 unspecified atom stereocenters. The Bertz CT molecular complexity index is 135. The fourth-order valence-corrected chi connectivity index (χ4v) is 2.42. The molecular weight excluding hydrogens is 148 g/mol. The summed E-state index contributed by atoms with van der Waals surface area (Å²) in [6.45, 7) is 8.87. The number of nitrogens with zero attached hydrogens (tertiary/aromatic N) is 1. The standard InChI is InChI=1S/C10H20N2/c1-9-6-12(7-9)8-10-3-2-4-11-5-10/h9-11H,2-8H2,1H3. The first-order chi connectivity index (χ1) is 5.84. The third-order valence-electron chi connectivity index (χ3n) is 3.06. The van der Waals surface area contributed by atoms with Crippen molar-refractivity contribution in [2.24, 2.45) is 11.8 Å². The summed E-state index contributed by atoms with van der Waals surface area (Å²) < 4.78 is 0. The first-order valence-electron chi connectivity index (χ1n) is 5.27. The van der Waals surface area contributed by atoms with Gasteiger partial charge in [-0.25, -0.2) is 0 Å². The molecule has 2 fully saturated rings. The van der Waals surface area contributed by atoms with Gasteiger partial charge < -0.3 is 10.2 Å².